The zero-order chi connectivity index (χ0) is 6.28. The first-order chi connectivity index (χ1) is 3.15. The maximum atomic E-state index is 4.81. The SMILES string of the molecule is ClB(Cl)Cl.ClCCl. The Balaban J connectivity index is 0. The van der Waals surface area contributed by atoms with Crippen molar-refractivity contribution in [3.05, 3.63) is 0 Å². The predicted octanol–water partition coefficient (Wildman–Crippen LogP) is 3.11. The average Bonchev–Trinajstić information content (AvgIpc) is 1.33. The second-order valence-corrected chi connectivity index (χ2v) is 3.14. The summed E-state index contributed by atoms with van der Waals surface area (Å²) < 4.78 is 0. The molecule has 0 amide bonds. The molecule has 0 heterocycles. The lowest BCUT2D eigenvalue weighted by atomic mass is 10.7. The van der Waals surface area contributed by atoms with Crippen molar-refractivity contribution < 1.29 is 0 Å². The minimum atomic E-state index is -0.750. The molecule has 6 heteroatoms. The van der Waals surface area contributed by atoms with Crippen LogP contribution in [0.25, 0.3) is 0 Å². The van der Waals surface area contributed by atoms with Crippen molar-refractivity contribution in [2.75, 3.05) is 5.34 Å². The smallest absolute Gasteiger partial charge is 0.150 e. The van der Waals surface area contributed by atoms with Gasteiger partial charge in [0.25, 0.3) is 0 Å². The van der Waals surface area contributed by atoms with Crippen LogP contribution in [0.1, 0.15) is 0 Å². The van der Waals surface area contributed by atoms with Gasteiger partial charge in [0.1, 0.15) is 0 Å². The number of halogens is 5. The zero-order valence-electron chi connectivity index (χ0n) is 3.17. The molecule has 7 heavy (non-hydrogen) atoms. The van der Waals surface area contributed by atoms with Crippen LogP contribution >= 0.6 is 57.6 Å². The van der Waals surface area contributed by atoms with Gasteiger partial charge in [-0.15, -0.1) is 23.2 Å². The molecule has 0 N–H and O–H groups in total. The highest BCUT2D eigenvalue weighted by Gasteiger charge is 1.91. The third-order valence-corrected chi connectivity index (χ3v) is 0. The van der Waals surface area contributed by atoms with E-state index < -0.39 is 4.96 Å². The van der Waals surface area contributed by atoms with Crippen molar-refractivity contribution in [1.82, 2.24) is 0 Å². The summed E-state index contributed by atoms with van der Waals surface area (Å²) in [4.78, 5) is -0.750. The van der Waals surface area contributed by atoms with Crippen LogP contribution < -0.4 is 0 Å². The Bertz CT molecular complexity index is 19.3. The third-order valence-electron chi connectivity index (χ3n) is 0. The standard InChI is InChI=1S/CH2Cl2.BCl3/c2-1-3;2-1(3)4/h1H2;. The van der Waals surface area contributed by atoms with E-state index in [9.17, 15) is 0 Å². The minimum Gasteiger partial charge on any atom is -0.150 e. The Labute approximate surface area is 67.8 Å². The summed E-state index contributed by atoms with van der Waals surface area (Å²) >= 11 is 23.9. The Morgan fingerprint density at radius 1 is 1.00 bits per heavy atom. The van der Waals surface area contributed by atoms with E-state index in [1.807, 2.05) is 0 Å². The summed E-state index contributed by atoms with van der Waals surface area (Å²) in [6, 6.07) is 0. The number of alkyl halides is 2. The van der Waals surface area contributed by atoms with Gasteiger partial charge in [0.2, 0.25) is 0 Å². The second kappa shape index (κ2) is 10.5. The molecule has 44 valence electrons. The van der Waals surface area contributed by atoms with Crippen LogP contribution in [0, 0.1) is 0 Å². The molecule has 0 rings (SSSR count). The van der Waals surface area contributed by atoms with Crippen molar-refractivity contribution >= 4 is 62.5 Å². The maximum Gasteiger partial charge on any atom is 0.450 e. The molecule has 0 saturated heterocycles. The predicted molar refractivity (Wildman–Crippen MR) is 39.9 cm³/mol. The van der Waals surface area contributed by atoms with Crippen LogP contribution in [0.15, 0.2) is 0 Å². The summed E-state index contributed by atoms with van der Waals surface area (Å²) in [6.45, 7) is 0. The van der Waals surface area contributed by atoms with Crippen LogP contribution in [0.3, 0.4) is 0 Å². The van der Waals surface area contributed by atoms with Crippen molar-refractivity contribution in [3.8, 4) is 0 Å². The molecule has 0 aromatic carbocycles. The van der Waals surface area contributed by atoms with Gasteiger partial charge in [-0.2, -0.15) is 34.4 Å². The van der Waals surface area contributed by atoms with Crippen molar-refractivity contribution in [3.63, 3.8) is 0 Å². The quantitative estimate of drug-likeness (QED) is 0.418. The molecule has 0 fully saturated rings. The normalized spacial score (nSPS) is 6.43. The topological polar surface area (TPSA) is 0 Å². The third kappa shape index (κ3) is 99.6. The molecule has 0 bridgehead atoms. The molecule has 0 aliphatic heterocycles. The van der Waals surface area contributed by atoms with Gasteiger partial charge in [0.15, 0.2) is 0 Å². The van der Waals surface area contributed by atoms with Gasteiger partial charge in [0.05, 0.1) is 5.34 Å². The van der Waals surface area contributed by atoms with E-state index in [4.69, 9.17) is 57.6 Å². The van der Waals surface area contributed by atoms with Gasteiger partial charge < -0.3 is 0 Å². The Morgan fingerprint density at radius 2 is 1.00 bits per heavy atom. The van der Waals surface area contributed by atoms with Crippen molar-refractivity contribution in [2.45, 2.75) is 0 Å². The number of hydrogen-bond acceptors (Lipinski definition) is 0. The van der Waals surface area contributed by atoms with E-state index in [1.54, 1.807) is 0 Å². The van der Waals surface area contributed by atoms with Crippen LogP contribution in [0.5, 0.6) is 0 Å². The first kappa shape index (κ1) is 11.3. The highest BCUT2D eigenvalue weighted by molar-refractivity contribution is 7.54. The molecular weight excluding hydrogens is 200 g/mol. The molecule has 0 spiro atoms. The van der Waals surface area contributed by atoms with E-state index in [0.29, 0.717) is 0 Å². The van der Waals surface area contributed by atoms with E-state index in [-0.39, 0.29) is 5.34 Å². The molecule has 0 unspecified atom stereocenters. The Morgan fingerprint density at radius 3 is 1.00 bits per heavy atom. The van der Waals surface area contributed by atoms with Crippen molar-refractivity contribution in [1.29, 1.82) is 0 Å². The summed E-state index contributed by atoms with van der Waals surface area (Å²) in [5.74, 6) is 0. The van der Waals surface area contributed by atoms with Crippen LogP contribution in [0.4, 0.5) is 0 Å². The first-order valence-corrected chi connectivity index (χ1v) is 3.57. The van der Waals surface area contributed by atoms with E-state index in [0.717, 1.165) is 0 Å². The molecule has 0 saturated carbocycles. The molecule has 0 aliphatic carbocycles. The van der Waals surface area contributed by atoms with Crippen LogP contribution in [0.2, 0.25) is 0 Å². The number of rotatable bonds is 0. The molecule has 0 aromatic rings. The average molecular weight is 202 g/mol. The molecular formula is CH2BCl5. The minimum absolute atomic E-state index is 0.194. The summed E-state index contributed by atoms with van der Waals surface area (Å²) in [5.41, 5.74) is 0. The zero-order valence-corrected chi connectivity index (χ0v) is 6.95. The fourth-order valence-corrected chi connectivity index (χ4v) is 0. The lowest BCUT2D eigenvalue weighted by Crippen LogP contribution is -1.66. The Hall–Kier alpha value is 1.51. The van der Waals surface area contributed by atoms with Gasteiger partial charge >= 0.3 is 4.96 Å². The van der Waals surface area contributed by atoms with Crippen molar-refractivity contribution in [2.24, 2.45) is 0 Å². The van der Waals surface area contributed by atoms with E-state index in [1.165, 1.54) is 0 Å². The molecule has 0 atom stereocenters. The van der Waals surface area contributed by atoms with Crippen LogP contribution in [-0.2, 0) is 0 Å². The van der Waals surface area contributed by atoms with Gasteiger partial charge in [-0.3, -0.25) is 0 Å². The van der Waals surface area contributed by atoms with Gasteiger partial charge in [0, 0.05) is 0 Å². The fraction of sp³-hybridized carbons (Fsp3) is 1.00. The van der Waals surface area contributed by atoms with Gasteiger partial charge in [-0.25, -0.2) is 0 Å². The van der Waals surface area contributed by atoms with Gasteiger partial charge in [-0.05, 0) is 0 Å². The molecule has 0 aromatic heterocycles. The number of hydrogen-bond donors (Lipinski definition) is 0. The summed E-state index contributed by atoms with van der Waals surface area (Å²) in [6.07, 6.45) is 0. The maximum absolute atomic E-state index is 4.81. The van der Waals surface area contributed by atoms with E-state index in [2.05, 4.69) is 0 Å². The molecule has 0 nitrogen and oxygen atoms in total. The first-order valence-electron chi connectivity index (χ1n) is 1.19. The highest BCUT2D eigenvalue weighted by atomic mass is 35.6. The highest BCUT2D eigenvalue weighted by Crippen LogP contribution is 1.97. The lowest BCUT2D eigenvalue weighted by molar-refractivity contribution is 2.20. The summed E-state index contributed by atoms with van der Waals surface area (Å²) in [5, 5.41) is 0.194. The monoisotopic (exact) mass is 200 g/mol. The van der Waals surface area contributed by atoms with Gasteiger partial charge in [-0.1, -0.05) is 0 Å². The lowest BCUT2D eigenvalue weighted by Gasteiger charge is -1.61. The van der Waals surface area contributed by atoms with E-state index >= 15 is 0 Å². The Kier molecular flexibility index (Phi) is 17.0. The second-order valence-electron chi connectivity index (χ2n) is 0.348. The van der Waals surface area contributed by atoms with Crippen LogP contribution in [-0.4, -0.2) is 10.3 Å². The molecule has 0 radical (unpaired) electrons. The molecule has 0 aliphatic rings. The fourth-order valence-electron chi connectivity index (χ4n) is 0. The summed E-state index contributed by atoms with van der Waals surface area (Å²) in [7, 11) is 0. The largest absolute Gasteiger partial charge is 0.450 e.